The van der Waals surface area contributed by atoms with Crippen LogP contribution < -0.4 is 16.0 Å². The minimum absolute atomic E-state index is 0.0789. The van der Waals surface area contributed by atoms with E-state index >= 15 is 0 Å². The van der Waals surface area contributed by atoms with Gasteiger partial charge >= 0.3 is 5.97 Å². The first-order valence-electron chi connectivity index (χ1n) is 17.9. The maximum atomic E-state index is 14.2. The number of methoxy groups -OCH3 is 1. The van der Waals surface area contributed by atoms with Crippen LogP contribution in [0.2, 0.25) is 0 Å². The van der Waals surface area contributed by atoms with Gasteiger partial charge in [0.2, 0.25) is 5.91 Å². The maximum absolute atomic E-state index is 14.2. The van der Waals surface area contributed by atoms with Gasteiger partial charge < -0.3 is 20.7 Å². The van der Waals surface area contributed by atoms with Crippen molar-refractivity contribution in [1.29, 1.82) is 0 Å². The minimum Gasteiger partial charge on any atom is -0.465 e. The molecule has 2 unspecified atom stereocenters. The van der Waals surface area contributed by atoms with Crippen molar-refractivity contribution in [1.82, 2.24) is 5.32 Å². The summed E-state index contributed by atoms with van der Waals surface area (Å²) in [4.78, 5) is 56.0. The number of nitrogens with one attached hydrogen (secondary N) is 3. The van der Waals surface area contributed by atoms with Gasteiger partial charge in [0.25, 0.3) is 11.8 Å². The molecule has 10 heteroatoms. The van der Waals surface area contributed by atoms with Gasteiger partial charge in [-0.25, -0.2) is 4.79 Å². The minimum atomic E-state index is -0.685. The number of esters is 1. The summed E-state index contributed by atoms with van der Waals surface area (Å²) in [5.41, 5.74) is 5.10. The van der Waals surface area contributed by atoms with E-state index in [0.29, 0.717) is 33.7 Å². The Labute approximate surface area is 324 Å². The Hall–Kier alpha value is -5.45. The van der Waals surface area contributed by atoms with E-state index in [1.54, 1.807) is 48.5 Å². The Bertz CT molecular complexity index is 2160. The lowest BCUT2D eigenvalue weighted by molar-refractivity contribution is -0.116. The molecule has 6 rings (SSSR count). The van der Waals surface area contributed by atoms with Crippen LogP contribution in [-0.4, -0.2) is 30.8 Å². The first kappa shape index (κ1) is 38.3. The zero-order valence-electron chi connectivity index (χ0n) is 30.7. The molecule has 3 amide bonds. The van der Waals surface area contributed by atoms with Crippen molar-refractivity contribution < 1.29 is 23.9 Å². The van der Waals surface area contributed by atoms with Crippen LogP contribution in [0.5, 0.6) is 0 Å². The second-order valence-corrected chi connectivity index (χ2v) is 15.9. The van der Waals surface area contributed by atoms with Crippen LogP contribution in [0.3, 0.4) is 0 Å². The lowest BCUT2D eigenvalue weighted by Gasteiger charge is -2.18. The highest BCUT2D eigenvalue weighted by atomic mass is 32.2. The number of anilines is 2. The summed E-state index contributed by atoms with van der Waals surface area (Å²) in [5, 5.41) is 8.65. The topological polar surface area (TPSA) is 114 Å². The molecule has 3 N–H and O–H groups in total. The van der Waals surface area contributed by atoms with E-state index in [-0.39, 0.29) is 11.6 Å². The standard InChI is InChI=1S/C44H43N3O5S2/c1-27(2)30-21-19-29(20-22-30)25-36(46-40(48)32-14-9-6-10-15-32)41(49)45-33-16-11-17-34(26-33)53-39(31-12-7-5-8-13-31)42(50)47-43-38(44(51)52-4)35-23-18-28(3)24-37(35)54-43/h5-17,19-22,25-28,39H,18,23-24H2,1-4H3,(H,45,49)(H,46,48)(H,47,50)/b36-25+. The molecular formula is C44H43N3O5S2. The molecule has 276 valence electrons. The predicted octanol–water partition coefficient (Wildman–Crippen LogP) is 9.66. The number of amides is 3. The lowest BCUT2D eigenvalue weighted by atomic mass is 9.88. The zero-order chi connectivity index (χ0) is 38.2. The lowest BCUT2D eigenvalue weighted by Crippen LogP contribution is -2.30. The number of thioether (sulfide) groups is 1. The van der Waals surface area contributed by atoms with E-state index < -0.39 is 23.0 Å². The largest absolute Gasteiger partial charge is 0.465 e. The Balaban J connectivity index is 1.25. The van der Waals surface area contributed by atoms with Crippen molar-refractivity contribution in [2.45, 2.75) is 56.1 Å². The molecule has 0 spiro atoms. The predicted molar refractivity (Wildman–Crippen MR) is 218 cm³/mol. The Morgan fingerprint density at radius 3 is 2.24 bits per heavy atom. The number of hydrogen-bond donors (Lipinski definition) is 3. The molecule has 4 aromatic carbocycles. The van der Waals surface area contributed by atoms with Gasteiger partial charge in [-0.2, -0.15) is 0 Å². The highest BCUT2D eigenvalue weighted by Gasteiger charge is 2.31. The molecule has 5 aromatic rings. The highest BCUT2D eigenvalue weighted by Crippen LogP contribution is 2.42. The summed E-state index contributed by atoms with van der Waals surface area (Å²) in [7, 11) is 1.36. The molecule has 0 saturated carbocycles. The zero-order valence-corrected chi connectivity index (χ0v) is 32.3. The molecule has 0 aliphatic heterocycles. The number of thiophene rings is 1. The van der Waals surface area contributed by atoms with Crippen LogP contribution in [0, 0.1) is 5.92 Å². The molecule has 0 bridgehead atoms. The molecule has 0 fully saturated rings. The quantitative estimate of drug-likeness (QED) is 0.0664. The molecule has 1 aliphatic rings. The molecule has 0 saturated heterocycles. The van der Waals surface area contributed by atoms with Crippen molar-refractivity contribution in [3.63, 3.8) is 0 Å². The summed E-state index contributed by atoms with van der Waals surface area (Å²) >= 11 is 2.78. The molecule has 1 heterocycles. The molecule has 2 atom stereocenters. The normalized spacial score (nSPS) is 14.5. The Morgan fingerprint density at radius 2 is 1.56 bits per heavy atom. The van der Waals surface area contributed by atoms with Crippen molar-refractivity contribution in [2.75, 3.05) is 17.7 Å². The van der Waals surface area contributed by atoms with Gasteiger partial charge in [-0.1, -0.05) is 99.6 Å². The number of ether oxygens (including phenoxy) is 1. The van der Waals surface area contributed by atoms with E-state index in [2.05, 4.69) is 36.7 Å². The van der Waals surface area contributed by atoms with Gasteiger partial charge in [0.15, 0.2) is 0 Å². The summed E-state index contributed by atoms with van der Waals surface area (Å²) in [6.45, 7) is 6.42. The van der Waals surface area contributed by atoms with Crippen molar-refractivity contribution in [3.05, 3.63) is 153 Å². The number of carbonyl (C=O) groups excluding carboxylic acids is 4. The van der Waals surface area contributed by atoms with E-state index in [9.17, 15) is 19.2 Å². The number of rotatable bonds is 12. The fraction of sp³-hybridized carbons (Fsp3) is 0.227. The third kappa shape index (κ3) is 9.37. The van der Waals surface area contributed by atoms with Crippen LogP contribution in [0.15, 0.2) is 120 Å². The molecule has 1 aliphatic carbocycles. The molecular weight excluding hydrogens is 715 g/mol. The van der Waals surface area contributed by atoms with Crippen LogP contribution in [0.1, 0.15) is 86.2 Å². The van der Waals surface area contributed by atoms with Crippen LogP contribution >= 0.6 is 23.1 Å². The van der Waals surface area contributed by atoms with E-state index in [0.717, 1.165) is 51.3 Å². The fourth-order valence-electron chi connectivity index (χ4n) is 6.30. The average Bonchev–Trinajstić information content (AvgIpc) is 3.53. The molecule has 8 nitrogen and oxygen atoms in total. The van der Waals surface area contributed by atoms with Gasteiger partial charge in [0, 0.05) is 21.0 Å². The average molecular weight is 758 g/mol. The molecule has 1 aromatic heterocycles. The van der Waals surface area contributed by atoms with Crippen molar-refractivity contribution >= 4 is 63.6 Å². The molecule has 0 radical (unpaired) electrons. The SMILES string of the molecule is COC(=O)c1c(NC(=O)C(Sc2cccc(NC(=O)/C(=C\c3ccc(C(C)C)cc3)NC(=O)c3ccccc3)c2)c2ccccc2)sc2c1CCC(C)C2. The van der Waals surface area contributed by atoms with E-state index in [1.807, 2.05) is 66.7 Å². The molecule has 54 heavy (non-hydrogen) atoms. The van der Waals surface area contributed by atoms with Gasteiger partial charge in [0.1, 0.15) is 15.9 Å². The highest BCUT2D eigenvalue weighted by molar-refractivity contribution is 8.00. The summed E-state index contributed by atoms with van der Waals surface area (Å²) in [5.74, 6) is -0.802. The van der Waals surface area contributed by atoms with Gasteiger partial charge in [0.05, 0.1) is 12.7 Å². The monoisotopic (exact) mass is 757 g/mol. The van der Waals surface area contributed by atoms with Gasteiger partial charge in [-0.05, 0) is 89.8 Å². The summed E-state index contributed by atoms with van der Waals surface area (Å²) in [6, 6.07) is 33.3. The third-order valence-corrected chi connectivity index (χ3v) is 11.7. The number of fused-ring (bicyclic) bond motifs is 1. The number of carbonyl (C=O) groups is 4. The third-order valence-electron chi connectivity index (χ3n) is 9.27. The van der Waals surface area contributed by atoms with Gasteiger partial charge in [-0.15, -0.1) is 23.1 Å². The van der Waals surface area contributed by atoms with Crippen molar-refractivity contribution in [3.8, 4) is 0 Å². The fourth-order valence-corrected chi connectivity index (χ4v) is 8.79. The summed E-state index contributed by atoms with van der Waals surface area (Å²) in [6.07, 6.45) is 4.24. The van der Waals surface area contributed by atoms with Gasteiger partial charge in [-0.3, -0.25) is 14.4 Å². The Morgan fingerprint density at radius 1 is 0.852 bits per heavy atom. The number of benzene rings is 4. The van der Waals surface area contributed by atoms with Crippen LogP contribution in [0.4, 0.5) is 10.7 Å². The first-order valence-corrected chi connectivity index (χ1v) is 19.6. The van der Waals surface area contributed by atoms with E-state index in [1.165, 1.54) is 30.2 Å². The Kier molecular flexibility index (Phi) is 12.5. The first-order chi connectivity index (χ1) is 26.1. The van der Waals surface area contributed by atoms with Crippen LogP contribution in [-0.2, 0) is 27.2 Å². The van der Waals surface area contributed by atoms with Crippen LogP contribution in [0.25, 0.3) is 6.08 Å². The van der Waals surface area contributed by atoms with E-state index in [4.69, 9.17) is 4.74 Å². The van der Waals surface area contributed by atoms with Crippen molar-refractivity contribution in [2.24, 2.45) is 5.92 Å². The maximum Gasteiger partial charge on any atom is 0.341 e. The smallest absolute Gasteiger partial charge is 0.341 e. The summed E-state index contributed by atoms with van der Waals surface area (Å²) < 4.78 is 5.15. The second-order valence-electron chi connectivity index (χ2n) is 13.6. The second kappa shape index (κ2) is 17.6. The number of hydrogen-bond acceptors (Lipinski definition) is 7.